The summed E-state index contributed by atoms with van der Waals surface area (Å²) in [5.41, 5.74) is 4.00. The van der Waals surface area contributed by atoms with Crippen molar-refractivity contribution in [1.29, 1.82) is 0 Å². The summed E-state index contributed by atoms with van der Waals surface area (Å²) in [4.78, 5) is 24.1. The lowest BCUT2D eigenvalue weighted by atomic mass is 9.93. The fourth-order valence-corrected chi connectivity index (χ4v) is 3.53. The van der Waals surface area contributed by atoms with Crippen LogP contribution in [0.2, 0.25) is 0 Å². The van der Waals surface area contributed by atoms with Gasteiger partial charge in [0.2, 0.25) is 5.76 Å². The first kappa shape index (κ1) is 18.0. The summed E-state index contributed by atoms with van der Waals surface area (Å²) in [6.07, 6.45) is 0. The minimum Gasteiger partial charge on any atom is -0.460 e. The fraction of sp³-hybridized carbons (Fsp3) is 0.167. The van der Waals surface area contributed by atoms with Crippen molar-refractivity contribution in [1.82, 2.24) is 0 Å². The standard InChI is InChI=1S/C24H20O4/c1-4-27-24(26)23-14(2)20-12-17(9-10-22(20)28-23)21-13-18(15(3)25)11-16-7-5-6-8-19(16)21/h5-13H,4H2,1-3H3. The van der Waals surface area contributed by atoms with Crippen LogP contribution in [0.4, 0.5) is 0 Å². The molecule has 0 bridgehead atoms. The van der Waals surface area contributed by atoms with E-state index in [1.807, 2.05) is 61.5 Å². The molecule has 0 amide bonds. The monoisotopic (exact) mass is 372 g/mol. The van der Waals surface area contributed by atoms with Gasteiger partial charge in [-0.05, 0) is 66.9 Å². The Hall–Kier alpha value is -3.40. The molecule has 0 fully saturated rings. The van der Waals surface area contributed by atoms with Gasteiger partial charge in [-0.2, -0.15) is 0 Å². The fourth-order valence-electron chi connectivity index (χ4n) is 3.53. The van der Waals surface area contributed by atoms with E-state index in [1.165, 1.54) is 0 Å². The third-order valence-corrected chi connectivity index (χ3v) is 4.98. The largest absolute Gasteiger partial charge is 0.460 e. The molecular weight excluding hydrogens is 352 g/mol. The Balaban J connectivity index is 1.93. The number of fused-ring (bicyclic) bond motifs is 2. The molecule has 1 heterocycles. The predicted octanol–water partition coefficient (Wildman–Crippen LogP) is 5.94. The molecule has 1 aromatic heterocycles. The lowest BCUT2D eigenvalue weighted by Gasteiger charge is -2.10. The topological polar surface area (TPSA) is 56.5 Å². The van der Waals surface area contributed by atoms with Gasteiger partial charge >= 0.3 is 5.97 Å². The van der Waals surface area contributed by atoms with Gasteiger partial charge in [-0.1, -0.05) is 30.3 Å². The molecule has 0 atom stereocenters. The smallest absolute Gasteiger partial charge is 0.374 e. The maximum Gasteiger partial charge on any atom is 0.374 e. The van der Waals surface area contributed by atoms with Gasteiger partial charge in [0.05, 0.1) is 6.61 Å². The zero-order valence-electron chi connectivity index (χ0n) is 16.0. The Morgan fingerprint density at radius 1 is 1.00 bits per heavy atom. The average Bonchev–Trinajstić information content (AvgIpc) is 3.03. The third-order valence-electron chi connectivity index (χ3n) is 4.98. The first-order valence-electron chi connectivity index (χ1n) is 9.24. The highest BCUT2D eigenvalue weighted by molar-refractivity contribution is 6.06. The molecule has 0 aliphatic carbocycles. The Morgan fingerprint density at radius 2 is 1.79 bits per heavy atom. The number of ether oxygens (including phenoxy) is 1. The van der Waals surface area contributed by atoms with E-state index in [0.29, 0.717) is 17.8 Å². The minimum absolute atomic E-state index is 0.0252. The van der Waals surface area contributed by atoms with Gasteiger partial charge in [0.15, 0.2) is 5.78 Å². The highest BCUT2D eigenvalue weighted by Gasteiger charge is 2.19. The Morgan fingerprint density at radius 3 is 2.54 bits per heavy atom. The predicted molar refractivity (Wildman–Crippen MR) is 110 cm³/mol. The molecule has 0 saturated carbocycles. The van der Waals surface area contributed by atoms with E-state index < -0.39 is 5.97 Å². The number of hydrogen-bond acceptors (Lipinski definition) is 4. The molecule has 0 aliphatic rings. The number of esters is 1. The van der Waals surface area contributed by atoms with Crippen molar-refractivity contribution >= 4 is 33.5 Å². The van der Waals surface area contributed by atoms with Gasteiger partial charge in [-0.3, -0.25) is 4.79 Å². The number of rotatable bonds is 4. The zero-order valence-corrected chi connectivity index (χ0v) is 16.0. The molecule has 140 valence electrons. The second-order valence-electron chi connectivity index (χ2n) is 6.79. The first-order valence-corrected chi connectivity index (χ1v) is 9.24. The molecular formula is C24H20O4. The van der Waals surface area contributed by atoms with Gasteiger partial charge in [0.1, 0.15) is 5.58 Å². The lowest BCUT2D eigenvalue weighted by Crippen LogP contribution is -2.04. The van der Waals surface area contributed by atoms with Crippen molar-refractivity contribution in [2.75, 3.05) is 6.61 Å². The van der Waals surface area contributed by atoms with E-state index in [2.05, 4.69) is 0 Å². The van der Waals surface area contributed by atoms with Crippen molar-refractivity contribution < 1.29 is 18.7 Å². The molecule has 0 unspecified atom stereocenters. The molecule has 28 heavy (non-hydrogen) atoms. The average molecular weight is 372 g/mol. The van der Waals surface area contributed by atoms with Crippen LogP contribution in [0.25, 0.3) is 32.9 Å². The number of carbonyl (C=O) groups is 2. The Bertz CT molecular complexity index is 1230. The maximum absolute atomic E-state index is 12.1. The number of hydrogen-bond donors (Lipinski definition) is 0. The summed E-state index contributed by atoms with van der Waals surface area (Å²) in [6.45, 7) is 5.49. The number of benzene rings is 3. The zero-order chi connectivity index (χ0) is 19.8. The SMILES string of the molecule is CCOC(=O)c1oc2ccc(-c3cc(C(C)=O)cc4ccccc34)cc2c1C. The molecule has 4 aromatic rings. The van der Waals surface area contributed by atoms with Crippen LogP contribution in [0.1, 0.15) is 40.3 Å². The van der Waals surface area contributed by atoms with Gasteiger partial charge in [0, 0.05) is 16.5 Å². The van der Waals surface area contributed by atoms with Gasteiger partial charge in [-0.25, -0.2) is 4.79 Å². The van der Waals surface area contributed by atoms with Crippen LogP contribution in [-0.4, -0.2) is 18.4 Å². The van der Waals surface area contributed by atoms with Gasteiger partial charge in [-0.15, -0.1) is 0 Å². The summed E-state index contributed by atoms with van der Waals surface area (Å²) in [5, 5.41) is 2.94. The highest BCUT2D eigenvalue weighted by Crippen LogP contribution is 2.34. The molecule has 3 aromatic carbocycles. The number of furan rings is 1. The summed E-state index contributed by atoms with van der Waals surface area (Å²) in [5.74, 6) is -0.199. The van der Waals surface area contributed by atoms with Crippen LogP contribution in [0.5, 0.6) is 0 Å². The molecule has 0 aliphatic heterocycles. The second kappa shape index (κ2) is 6.97. The van der Waals surface area contributed by atoms with E-state index >= 15 is 0 Å². The quantitative estimate of drug-likeness (QED) is 0.328. The van der Waals surface area contributed by atoms with Gasteiger partial charge < -0.3 is 9.15 Å². The van der Waals surface area contributed by atoms with Crippen LogP contribution < -0.4 is 0 Å². The second-order valence-corrected chi connectivity index (χ2v) is 6.79. The lowest BCUT2D eigenvalue weighted by molar-refractivity contribution is 0.0491. The van der Waals surface area contributed by atoms with Crippen molar-refractivity contribution in [2.24, 2.45) is 0 Å². The molecule has 4 rings (SSSR count). The molecule has 0 N–H and O–H groups in total. The van der Waals surface area contributed by atoms with E-state index in [0.717, 1.165) is 32.8 Å². The van der Waals surface area contributed by atoms with Crippen LogP contribution in [-0.2, 0) is 4.74 Å². The Labute approximate surface area is 162 Å². The summed E-state index contributed by atoms with van der Waals surface area (Å²) >= 11 is 0. The number of Topliss-reactive ketones (excluding diaryl/α,β-unsaturated/α-hetero) is 1. The summed E-state index contributed by atoms with van der Waals surface area (Å²) in [6, 6.07) is 17.7. The number of ketones is 1. The summed E-state index contributed by atoms with van der Waals surface area (Å²) in [7, 11) is 0. The third kappa shape index (κ3) is 2.97. The highest BCUT2D eigenvalue weighted by atomic mass is 16.5. The van der Waals surface area contributed by atoms with Crippen molar-refractivity contribution in [3.63, 3.8) is 0 Å². The molecule has 4 nitrogen and oxygen atoms in total. The summed E-state index contributed by atoms with van der Waals surface area (Å²) < 4.78 is 10.8. The van der Waals surface area contributed by atoms with Crippen molar-refractivity contribution in [3.8, 4) is 11.1 Å². The normalized spacial score (nSPS) is 11.1. The number of aryl methyl sites for hydroxylation is 1. The maximum atomic E-state index is 12.1. The van der Waals surface area contributed by atoms with Crippen LogP contribution in [0.15, 0.2) is 59.0 Å². The van der Waals surface area contributed by atoms with Crippen molar-refractivity contribution in [2.45, 2.75) is 20.8 Å². The van der Waals surface area contributed by atoms with E-state index in [4.69, 9.17) is 9.15 Å². The molecule has 4 heteroatoms. The van der Waals surface area contributed by atoms with E-state index in [9.17, 15) is 9.59 Å². The first-order chi connectivity index (χ1) is 13.5. The van der Waals surface area contributed by atoms with E-state index in [1.54, 1.807) is 13.8 Å². The minimum atomic E-state index is -0.457. The van der Waals surface area contributed by atoms with Gasteiger partial charge in [0.25, 0.3) is 0 Å². The van der Waals surface area contributed by atoms with Crippen LogP contribution >= 0.6 is 0 Å². The molecule has 0 radical (unpaired) electrons. The van der Waals surface area contributed by atoms with Crippen LogP contribution in [0, 0.1) is 6.92 Å². The van der Waals surface area contributed by atoms with Crippen molar-refractivity contribution in [3.05, 3.63) is 71.5 Å². The number of carbonyl (C=O) groups excluding carboxylic acids is 2. The van der Waals surface area contributed by atoms with E-state index in [-0.39, 0.29) is 11.5 Å². The Kier molecular flexibility index (Phi) is 4.47. The molecule has 0 spiro atoms. The van der Waals surface area contributed by atoms with Crippen LogP contribution in [0.3, 0.4) is 0 Å². The molecule has 0 saturated heterocycles.